The van der Waals surface area contributed by atoms with Gasteiger partial charge in [-0.3, -0.25) is 4.79 Å². The summed E-state index contributed by atoms with van der Waals surface area (Å²) in [5, 5.41) is 0.803. The number of ether oxygens (including phenoxy) is 4. The maximum atomic E-state index is 12.3. The molecule has 0 spiro atoms. The van der Waals surface area contributed by atoms with E-state index in [4.69, 9.17) is 23.4 Å². The summed E-state index contributed by atoms with van der Waals surface area (Å²) in [6.07, 6.45) is 0. The number of ketones is 1. The molecule has 7 nitrogen and oxygen atoms in total. The first kappa shape index (κ1) is 18.3. The van der Waals surface area contributed by atoms with Crippen molar-refractivity contribution in [3.8, 4) is 17.2 Å². The van der Waals surface area contributed by atoms with Crippen molar-refractivity contribution in [3.63, 3.8) is 0 Å². The van der Waals surface area contributed by atoms with Crippen LogP contribution in [0.15, 0.2) is 46.9 Å². The van der Waals surface area contributed by atoms with Gasteiger partial charge < -0.3 is 23.4 Å². The molecule has 1 aromatic heterocycles. The first-order valence-corrected chi connectivity index (χ1v) is 8.06. The Hall–Kier alpha value is -3.48. The second kappa shape index (κ2) is 7.82. The van der Waals surface area contributed by atoms with Crippen LogP contribution in [0.5, 0.6) is 17.2 Å². The van der Waals surface area contributed by atoms with Gasteiger partial charge >= 0.3 is 5.97 Å². The summed E-state index contributed by atoms with van der Waals surface area (Å²) in [4.78, 5) is 24.6. The summed E-state index contributed by atoms with van der Waals surface area (Å²) in [7, 11) is 4.35. The Morgan fingerprint density at radius 2 is 1.59 bits per heavy atom. The van der Waals surface area contributed by atoms with Gasteiger partial charge in [-0.1, -0.05) is 18.2 Å². The first-order chi connectivity index (χ1) is 13.1. The summed E-state index contributed by atoms with van der Waals surface area (Å²) < 4.78 is 26.2. The minimum absolute atomic E-state index is 0.133. The summed E-state index contributed by atoms with van der Waals surface area (Å²) >= 11 is 0. The van der Waals surface area contributed by atoms with Crippen LogP contribution < -0.4 is 14.2 Å². The van der Waals surface area contributed by atoms with Crippen molar-refractivity contribution in [2.45, 2.75) is 0 Å². The molecule has 0 aliphatic heterocycles. The summed E-state index contributed by atoms with van der Waals surface area (Å²) in [6, 6.07) is 11.8. The summed E-state index contributed by atoms with van der Waals surface area (Å²) in [6.45, 7) is -0.449. The number of hydrogen-bond donors (Lipinski definition) is 0. The predicted molar refractivity (Wildman–Crippen MR) is 96.9 cm³/mol. The molecule has 3 aromatic rings. The van der Waals surface area contributed by atoms with Crippen LogP contribution in [-0.2, 0) is 4.74 Å². The molecule has 0 unspecified atom stereocenters. The lowest BCUT2D eigenvalue weighted by Crippen LogP contribution is -2.14. The molecule has 0 aliphatic rings. The van der Waals surface area contributed by atoms with Crippen molar-refractivity contribution in [1.82, 2.24) is 0 Å². The van der Waals surface area contributed by atoms with Gasteiger partial charge in [-0.05, 0) is 24.3 Å². The van der Waals surface area contributed by atoms with Gasteiger partial charge in [0, 0.05) is 5.39 Å². The quantitative estimate of drug-likeness (QED) is 0.465. The maximum absolute atomic E-state index is 12.3. The monoisotopic (exact) mass is 370 g/mol. The third kappa shape index (κ3) is 3.72. The van der Waals surface area contributed by atoms with Gasteiger partial charge in [0.25, 0.3) is 0 Å². The van der Waals surface area contributed by atoms with Crippen molar-refractivity contribution in [3.05, 3.63) is 53.8 Å². The second-order valence-corrected chi connectivity index (χ2v) is 5.56. The van der Waals surface area contributed by atoms with Crippen LogP contribution >= 0.6 is 0 Å². The third-order valence-electron chi connectivity index (χ3n) is 3.94. The Labute approximate surface area is 155 Å². The van der Waals surface area contributed by atoms with Gasteiger partial charge in [-0.2, -0.15) is 0 Å². The number of furan rings is 1. The fourth-order valence-corrected chi connectivity index (χ4v) is 2.60. The number of hydrogen-bond acceptors (Lipinski definition) is 7. The summed E-state index contributed by atoms with van der Waals surface area (Å²) in [5.74, 6) is -0.0191. The van der Waals surface area contributed by atoms with E-state index in [9.17, 15) is 9.59 Å². The Balaban J connectivity index is 1.74. The highest BCUT2D eigenvalue weighted by molar-refractivity contribution is 6.00. The molecule has 0 aliphatic carbocycles. The molecule has 27 heavy (non-hydrogen) atoms. The van der Waals surface area contributed by atoms with Gasteiger partial charge in [0.1, 0.15) is 5.58 Å². The van der Waals surface area contributed by atoms with Crippen LogP contribution in [0.3, 0.4) is 0 Å². The molecule has 0 fully saturated rings. The normalized spacial score (nSPS) is 10.5. The van der Waals surface area contributed by atoms with Crippen molar-refractivity contribution in [2.75, 3.05) is 27.9 Å². The fraction of sp³-hybridized carbons (Fsp3) is 0.200. The zero-order valence-electron chi connectivity index (χ0n) is 15.1. The lowest BCUT2D eigenvalue weighted by Gasteiger charge is -2.13. The number of carbonyl (C=O) groups excluding carboxylic acids is 2. The van der Waals surface area contributed by atoms with Crippen molar-refractivity contribution in [2.24, 2.45) is 0 Å². The SMILES string of the molecule is COc1cc(C(=O)OCC(=O)c2cc3ccccc3o2)cc(OC)c1OC. The number of carbonyl (C=O) groups is 2. The van der Waals surface area contributed by atoms with Crippen LogP contribution in [0.4, 0.5) is 0 Å². The highest BCUT2D eigenvalue weighted by atomic mass is 16.5. The van der Waals surface area contributed by atoms with Crippen LogP contribution in [-0.4, -0.2) is 39.7 Å². The first-order valence-electron chi connectivity index (χ1n) is 8.06. The van der Waals surface area contributed by atoms with E-state index in [0.717, 1.165) is 5.39 Å². The highest BCUT2D eigenvalue weighted by Crippen LogP contribution is 2.38. The number of methoxy groups -OCH3 is 3. The molecule has 140 valence electrons. The molecule has 0 amide bonds. The Morgan fingerprint density at radius 1 is 0.926 bits per heavy atom. The van der Waals surface area contributed by atoms with Gasteiger partial charge in [-0.15, -0.1) is 0 Å². The van der Waals surface area contributed by atoms with Crippen molar-refractivity contribution in [1.29, 1.82) is 0 Å². The highest BCUT2D eigenvalue weighted by Gasteiger charge is 2.20. The number of esters is 1. The van der Waals surface area contributed by atoms with Crippen LogP contribution in [0.2, 0.25) is 0 Å². The predicted octanol–water partition coefficient (Wildman–Crippen LogP) is 3.50. The lowest BCUT2D eigenvalue weighted by molar-refractivity contribution is 0.0467. The van der Waals surface area contributed by atoms with Gasteiger partial charge in [0.05, 0.1) is 26.9 Å². The van der Waals surface area contributed by atoms with E-state index in [2.05, 4.69) is 0 Å². The molecular weight excluding hydrogens is 352 g/mol. The fourth-order valence-electron chi connectivity index (χ4n) is 2.60. The molecule has 0 saturated carbocycles. The van der Waals surface area contributed by atoms with Crippen LogP contribution in [0.1, 0.15) is 20.9 Å². The molecular formula is C20H18O7. The molecule has 2 aromatic carbocycles. The number of Topliss-reactive ketones (excluding diaryl/α,β-unsaturated/α-hetero) is 1. The minimum Gasteiger partial charge on any atom is -0.493 e. The Kier molecular flexibility index (Phi) is 5.30. The van der Waals surface area contributed by atoms with Crippen molar-refractivity contribution < 1.29 is 33.0 Å². The topological polar surface area (TPSA) is 84.2 Å². The average Bonchev–Trinajstić information content (AvgIpc) is 3.14. The number of benzene rings is 2. The van der Waals surface area contributed by atoms with E-state index in [-0.39, 0.29) is 11.3 Å². The van der Waals surface area contributed by atoms with E-state index >= 15 is 0 Å². The van der Waals surface area contributed by atoms with Gasteiger partial charge in [0.15, 0.2) is 23.9 Å². The van der Waals surface area contributed by atoms with E-state index < -0.39 is 18.4 Å². The molecule has 0 N–H and O–H groups in total. The van der Waals surface area contributed by atoms with Gasteiger partial charge in [0.2, 0.25) is 11.5 Å². The largest absolute Gasteiger partial charge is 0.493 e. The molecule has 0 radical (unpaired) electrons. The lowest BCUT2D eigenvalue weighted by atomic mass is 10.2. The molecule has 0 saturated heterocycles. The number of fused-ring (bicyclic) bond motifs is 1. The molecule has 3 rings (SSSR count). The maximum Gasteiger partial charge on any atom is 0.338 e. The molecule has 1 heterocycles. The Bertz CT molecular complexity index is 929. The van der Waals surface area contributed by atoms with E-state index in [0.29, 0.717) is 22.8 Å². The summed E-state index contributed by atoms with van der Waals surface area (Å²) in [5.41, 5.74) is 0.763. The third-order valence-corrected chi connectivity index (χ3v) is 3.94. The van der Waals surface area contributed by atoms with Crippen molar-refractivity contribution >= 4 is 22.7 Å². The number of para-hydroxylation sites is 1. The van der Waals surface area contributed by atoms with Gasteiger partial charge in [-0.25, -0.2) is 4.79 Å². The van der Waals surface area contributed by atoms with Crippen LogP contribution in [0.25, 0.3) is 11.0 Å². The minimum atomic E-state index is -0.696. The zero-order valence-corrected chi connectivity index (χ0v) is 15.1. The van der Waals surface area contributed by atoms with E-state index in [1.165, 1.54) is 33.5 Å². The van der Waals surface area contributed by atoms with E-state index in [1.807, 2.05) is 18.2 Å². The molecule has 7 heteroatoms. The smallest absolute Gasteiger partial charge is 0.338 e. The zero-order chi connectivity index (χ0) is 19.4. The second-order valence-electron chi connectivity index (χ2n) is 5.56. The molecule has 0 bridgehead atoms. The Morgan fingerprint density at radius 3 is 2.19 bits per heavy atom. The standard InChI is InChI=1S/C20H18O7/c1-23-17-9-13(10-18(24-2)19(17)25-3)20(22)26-11-14(21)16-8-12-6-4-5-7-15(12)27-16/h4-10H,11H2,1-3H3. The van der Waals surface area contributed by atoms with E-state index in [1.54, 1.807) is 12.1 Å². The number of rotatable bonds is 7. The average molecular weight is 370 g/mol. The van der Waals surface area contributed by atoms with Crippen LogP contribution in [0, 0.1) is 0 Å². The molecule has 0 atom stereocenters.